The maximum atomic E-state index is 12.2. The standard InChI is InChI=1S/C16H22N2O/c1-6-18-14(12-9-7-8-11(2)10-12)13(15(19)17-18)16(3,4)5/h7-10H,6H2,1-5H3,(H,17,19). The van der Waals surface area contributed by atoms with Crippen molar-refractivity contribution in [2.75, 3.05) is 0 Å². The summed E-state index contributed by atoms with van der Waals surface area (Å²) in [5, 5.41) is 2.95. The van der Waals surface area contributed by atoms with Crippen LogP contribution in [0.2, 0.25) is 0 Å². The van der Waals surface area contributed by atoms with Crippen LogP contribution in [0.25, 0.3) is 11.3 Å². The zero-order chi connectivity index (χ0) is 14.2. The first-order chi connectivity index (χ1) is 8.84. The van der Waals surface area contributed by atoms with E-state index in [1.165, 1.54) is 5.56 Å². The fraction of sp³-hybridized carbons (Fsp3) is 0.438. The third kappa shape index (κ3) is 2.50. The summed E-state index contributed by atoms with van der Waals surface area (Å²) in [5.41, 5.74) is 4.03. The molecule has 1 heterocycles. The van der Waals surface area contributed by atoms with Gasteiger partial charge in [0.05, 0.1) is 5.69 Å². The van der Waals surface area contributed by atoms with Crippen molar-refractivity contribution in [2.24, 2.45) is 0 Å². The van der Waals surface area contributed by atoms with E-state index in [0.717, 1.165) is 23.4 Å². The number of aromatic amines is 1. The van der Waals surface area contributed by atoms with Gasteiger partial charge in [-0.15, -0.1) is 0 Å². The van der Waals surface area contributed by atoms with E-state index in [1.807, 2.05) is 17.7 Å². The number of aryl methyl sites for hydroxylation is 2. The molecule has 0 aliphatic carbocycles. The highest BCUT2D eigenvalue weighted by molar-refractivity contribution is 5.65. The first kappa shape index (κ1) is 13.7. The van der Waals surface area contributed by atoms with Crippen molar-refractivity contribution in [3.8, 4) is 11.3 Å². The summed E-state index contributed by atoms with van der Waals surface area (Å²) in [5.74, 6) is 0. The van der Waals surface area contributed by atoms with Gasteiger partial charge in [0.15, 0.2) is 0 Å². The Labute approximate surface area is 114 Å². The maximum Gasteiger partial charge on any atom is 0.268 e. The van der Waals surface area contributed by atoms with Crippen LogP contribution in [-0.2, 0) is 12.0 Å². The van der Waals surface area contributed by atoms with Crippen molar-refractivity contribution in [1.29, 1.82) is 0 Å². The highest BCUT2D eigenvalue weighted by Crippen LogP contribution is 2.30. The van der Waals surface area contributed by atoms with Gasteiger partial charge < -0.3 is 0 Å². The Hall–Kier alpha value is -1.77. The molecule has 0 saturated carbocycles. The summed E-state index contributed by atoms with van der Waals surface area (Å²) in [7, 11) is 0. The van der Waals surface area contributed by atoms with Crippen LogP contribution in [0.15, 0.2) is 29.1 Å². The molecule has 3 nitrogen and oxygen atoms in total. The van der Waals surface area contributed by atoms with Crippen LogP contribution in [0.5, 0.6) is 0 Å². The molecule has 102 valence electrons. The predicted octanol–water partition coefficient (Wildman–Crippen LogP) is 3.47. The van der Waals surface area contributed by atoms with Gasteiger partial charge in [-0.1, -0.05) is 44.5 Å². The highest BCUT2D eigenvalue weighted by Gasteiger charge is 2.26. The number of rotatable bonds is 2. The molecule has 3 heteroatoms. The van der Waals surface area contributed by atoms with E-state index in [-0.39, 0.29) is 11.0 Å². The number of nitrogens with zero attached hydrogens (tertiary/aromatic N) is 1. The Balaban J connectivity index is 2.78. The predicted molar refractivity (Wildman–Crippen MR) is 79.6 cm³/mol. The number of benzene rings is 1. The zero-order valence-corrected chi connectivity index (χ0v) is 12.4. The van der Waals surface area contributed by atoms with Gasteiger partial charge in [-0.2, -0.15) is 0 Å². The number of H-pyrrole nitrogens is 1. The molecule has 0 saturated heterocycles. The summed E-state index contributed by atoms with van der Waals surface area (Å²) in [6.07, 6.45) is 0. The Bertz CT molecular complexity index is 641. The van der Waals surface area contributed by atoms with E-state index < -0.39 is 0 Å². The summed E-state index contributed by atoms with van der Waals surface area (Å²) in [6.45, 7) is 11.1. The van der Waals surface area contributed by atoms with Gasteiger partial charge in [0.25, 0.3) is 5.56 Å². The number of aromatic nitrogens is 2. The minimum atomic E-state index is -0.174. The molecule has 1 aromatic carbocycles. The van der Waals surface area contributed by atoms with Crippen molar-refractivity contribution >= 4 is 0 Å². The fourth-order valence-electron chi connectivity index (χ4n) is 2.50. The second-order valence-corrected chi connectivity index (χ2v) is 6.03. The molecule has 0 bridgehead atoms. The molecule has 19 heavy (non-hydrogen) atoms. The van der Waals surface area contributed by atoms with E-state index >= 15 is 0 Å². The Morgan fingerprint density at radius 2 is 1.95 bits per heavy atom. The minimum Gasteiger partial charge on any atom is -0.284 e. The summed E-state index contributed by atoms with van der Waals surface area (Å²) in [4.78, 5) is 12.2. The molecular formula is C16H22N2O. The number of hydrogen-bond donors (Lipinski definition) is 1. The molecule has 0 unspecified atom stereocenters. The molecule has 1 aromatic heterocycles. The molecule has 0 amide bonds. The lowest BCUT2D eigenvalue weighted by molar-refractivity contribution is 0.586. The van der Waals surface area contributed by atoms with Crippen LogP contribution in [0, 0.1) is 6.92 Å². The van der Waals surface area contributed by atoms with Crippen molar-refractivity contribution < 1.29 is 0 Å². The molecular weight excluding hydrogens is 236 g/mol. The molecule has 0 aliphatic rings. The van der Waals surface area contributed by atoms with E-state index in [2.05, 4.69) is 51.0 Å². The first-order valence-electron chi connectivity index (χ1n) is 6.75. The summed E-state index contributed by atoms with van der Waals surface area (Å²) < 4.78 is 1.94. The molecule has 0 atom stereocenters. The minimum absolute atomic E-state index is 0.0193. The maximum absolute atomic E-state index is 12.2. The van der Waals surface area contributed by atoms with Gasteiger partial charge in [-0.3, -0.25) is 14.6 Å². The van der Waals surface area contributed by atoms with Gasteiger partial charge in [0.1, 0.15) is 0 Å². The van der Waals surface area contributed by atoms with Crippen LogP contribution in [0.3, 0.4) is 0 Å². The van der Waals surface area contributed by atoms with Crippen molar-refractivity contribution in [1.82, 2.24) is 9.78 Å². The number of nitrogens with one attached hydrogen (secondary N) is 1. The SMILES string of the molecule is CCn1[nH]c(=O)c(C(C)(C)C)c1-c1cccc(C)c1. The van der Waals surface area contributed by atoms with Crippen molar-refractivity contribution in [3.63, 3.8) is 0 Å². The van der Waals surface area contributed by atoms with Crippen LogP contribution < -0.4 is 5.56 Å². The average Bonchev–Trinajstić information content (AvgIpc) is 2.65. The monoisotopic (exact) mass is 258 g/mol. The smallest absolute Gasteiger partial charge is 0.268 e. The third-order valence-corrected chi connectivity index (χ3v) is 3.33. The van der Waals surface area contributed by atoms with E-state index in [1.54, 1.807) is 0 Å². The van der Waals surface area contributed by atoms with Crippen molar-refractivity contribution in [2.45, 2.75) is 46.6 Å². The lowest BCUT2D eigenvalue weighted by atomic mass is 9.85. The number of hydrogen-bond acceptors (Lipinski definition) is 1. The topological polar surface area (TPSA) is 37.8 Å². The van der Waals surface area contributed by atoms with E-state index in [4.69, 9.17) is 0 Å². The third-order valence-electron chi connectivity index (χ3n) is 3.33. The van der Waals surface area contributed by atoms with Crippen LogP contribution >= 0.6 is 0 Å². The van der Waals surface area contributed by atoms with Crippen LogP contribution in [0.4, 0.5) is 0 Å². The van der Waals surface area contributed by atoms with Crippen LogP contribution in [0.1, 0.15) is 38.8 Å². The van der Waals surface area contributed by atoms with Gasteiger partial charge in [0.2, 0.25) is 0 Å². The Morgan fingerprint density at radius 1 is 1.26 bits per heavy atom. The molecule has 1 N–H and O–H groups in total. The summed E-state index contributed by atoms with van der Waals surface area (Å²) >= 11 is 0. The average molecular weight is 258 g/mol. The lowest BCUT2D eigenvalue weighted by Crippen LogP contribution is -2.21. The molecule has 0 spiro atoms. The van der Waals surface area contributed by atoms with E-state index in [0.29, 0.717) is 0 Å². The lowest BCUT2D eigenvalue weighted by Gasteiger charge is -2.19. The quantitative estimate of drug-likeness (QED) is 0.880. The fourth-order valence-corrected chi connectivity index (χ4v) is 2.50. The van der Waals surface area contributed by atoms with Gasteiger partial charge in [-0.25, -0.2) is 0 Å². The van der Waals surface area contributed by atoms with Gasteiger partial charge in [0, 0.05) is 17.7 Å². The Morgan fingerprint density at radius 3 is 2.47 bits per heavy atom. The molecule has 2 aromatic rings. The second-order valence-electron chi connectivity index (χ2n) is 6.03. The molecule has 0 radical (unpaired) electrons. The Kier molecular flexibility index (Phi) is 3.40. The van der Waals surface area contributed by atoms with Crippen LogP contribution in [-0.4, -0.2) is 9.78 Å². The molecule has 2 rings (SSSR count). The highest BCUT2D eigenvalue weighted by atomic mass is 16.1. The largest absolute Gasteiger partial charge is 0.284 e. The molecule has 0 aliphatic heterocycles. The first-order valence-corrected chi connectivity index (χ1v) is 6.75. The molecule has 0 fully saturated rings. The van der Waals surface area contributed by atoms with Gasteiger partial charge in [-0.05, 0) is 25.3 Å². The van der Waals surface area contributed by atoms with E-state index in [9.17, 15) is 4.79 Å². The normalized spacial score (nSPS) is 11.8. The van der Waals surface area contributed by atoms with Gasteiger partial charge >= 0.3 is 0 Å². The van der Waals surface area contributed by atoms with Crippen molar-refractivity contribution in [3.05, 3.63) is 45.7 Å². The zero-order valence-electron chi connectivity index (χ0n) is 12.4. The second kappa shape index (κ2) is 4.72. The summed E-state index contributed by atoms with van der Waals surface area (Å²) in [6, 6.07) is 8.30.